The van der Waals surface area contributed by atoms with Gasteiger partial charge in [0.1, 0.15) is 5.65 Å². The fraction of sp³-hybridized carbons (Fsp3) is 0.391. The molecule has 1 aromatic carbocycles. The average Bonchev–Trinajstić information content (AvgIpc) is 3.10. The number of hydrogen-bond donors (Lipinski definition) is 0. The zero-order chi connectivity index (χ0) is 20.2. The van der Waals surface area contributed by atoms with E-state index in [0.29, 0.717) is 13.0 Å². The van der Waals surface area contributed by atoms with Gasteiger partial charge in [-0.1, -0.05) is 17.7 Å². The molecule has 0 aliphatic carbocycles. The van der Waals surface area contributed by atoms with E-state index in [1.165, 1.54) is 11.3 Å². The number of anilines is 1. The number of aryl methyl sites for hydroxylation is 1. The molecule has 1 saturated heterocycles. The molecule has 29 heavy (non-hydrogen) atoms. The molecule has 2 aromatic heterocycles. The standard InChI is InChI=1S/C23H28N4O2/c1-18-5-7-20(8-6-18)25-10-12-26(13-11-25)22(28)16-19-17-27(14-15-29-2)23-21(19)4-3-9-24-23/h3-9,17H,10-16H2,1-2H3. The van der Waals surface area contributed by atoms with E-state index >= 15 is 0 Å². The molecule has 0 atom stereocenters. The highest BCUT2D eigenvalue weighted by Gasteiger charge is 2.22. The number of methoxy groups -OCH3 is 1. The second-order valence-corrected chi connectivity index (χ2v) is 7.60. The molecule has 1 aliphatic heterocycles. The predicted molar refractivity (Wildman–Crippen MR) is 115 cm³/mol. The van der Waals surface area contributed by atoms with Gasteiger partial charge in [-0.25, -0.2) is 4.98 Å². The summed E-state index contributed by atoms with van der Waals surface area (Å²) < 4.78 is 7.28. The molecule has 3 aromatic rings. The van der Waals surface area contributed by atoms with Crippen LogP contribution in [0.25, 0.3) is 11.0 Å². The topological polar surface area (TPSA) is 50.6 Å². The number of ether oxygens (including phenoxy) is 1. The molecule has 6 nitrogen and oxygen atoms in total. The minimum Gasteiger partial charge on any atom is -0.383 e. The molecule has 0 radical (unpaired) electrons. The van der Waals surface area contributed by atoms with Gasteiger partial charge < -0.3 is 19.1 Å². The quantitative estimate of drug-likeness (QED) is 0.647. The maximum Gasteiger partial charge on any atom is 0.227 e. The van der Waals surface area contributed by atoms with Crippen molar-refractivity contribution in [1.82, 2.24) is 14.5 Å². The highest BCUT2D eigenvalue weighted by Crippen LogP contribution is 2.22. The first kappa shape index (κ1) is 19.5. The molecule has 0 N–H and O–H groups in total. The van der Waals surface area contributed by atoms with Crippen LogP contribution in [0.3, 0.4) is 0 Å². The molecule has 0 unspecified atom stereocenters. The van der Waals surface area contributed by atoms with Gasteiger partial charge in [0.2, 0.25) is 5.91 Å². The SMILES string of the molecule is COCCn1cc(CC(=O)N2CCN(c3ccc(C)cc3)CC2)c2cccnc21. The number of hydrogen-bond acceptors (Lipinski definition) is 4. The highest BCUT2D eigenvalue weighted by atomic mass is 16.5. The Hall–Kier alpha value is -2.86. The minimum absolute atomic E-state index is 0.184. The lowest BCUT2D eigenvalue weighted by Crippen LogP contribution is -2.49. The molecule has 1 fully saturated rings. The lowest BCUT2D eigenvalue weighted by atomic mass is 10.1. The number of carbonyl (C=O) groups is 1. The highest BCUT2D eigenvalue weighted by molar-refractivity contribution is 5.87. The van der Waals surface area contributed by atoms with Crippen LogP contribution in [0.2, 0.25) is 0 Å². The van der Waals surface area contributed by atoms with Crippen molar-refractivity contribution in [3.63, 3.8) is 0 Å². The van der Waals surface area contributed by atoms with E-state index in [-0.39, 0.29) is 5.91 Å². The summed E-state index contributed by atoms with van der Waals surface area (Å²) in [6.07, 6.45) is 4.26. The molecule has 1 aliphatic rings. The zero-order valence-electron chi connectivity index (χ0n) is 17.2. The van der Waals surface area contributed by atoms with Crippen molar-refractivity contribution in [2.45, 2.75) is 19.9 Å². The summed E-state index contributed by atoms with van der Waals surface area (Å²) in [4.78, 5) is 21.8. The number of aromatic nitrogens is 2. The van der Waals surface area contributed by atoms with E-state index in [1.54, 1.807) is 13.3 Å². The Morgan fingerprint density at radius 1 is 1.10 bits per heavy atom. The van der Waals surface area contributed by atoms with Gasteiger partial charge in [0.05, 0.1) is 13.0 Å². The van der Waals surface area contributed by atoms with E-state index in [4.69, 9.17) is 4.74 Å². The fourth-order valence-corrected chi connectivity index (χ4v) is 3.94. The van der Waals surface area contributed by atoms with E-state index in [1.807, 2.05) is 17.0 Å². The number of amides is 1. The third-order valence-electron chi connectivity index (χ3n) is 5.63. The van der Waals surface area contributed by atoms with Gasteiger partial charge in [0.25, 0.3) is 0 Å². The Balaban J connectivity index is 1.42. The Bertz CT molecular complexity index is 972. The summed E-state index contributed by atoms with van der Waals surface area (Å²) in [6.45, 7) is 6.70. The smallest absolute Gasteiger partial charge is 0.227 e. The summed E-state index contributed by atoms with van der Waals surface area (Å²) in [6, 6.07) is 12.6. The predicted octanol–water partition coefficient (Wildman–Crippen LogP) is 2.88. The number of piperazine rings is 1. The summed E-state index contributed by atoms with van der Waals surface area (Å²) >= 11 is 0. The number of nitrogens with zero attached hydrogens (tertiary/aromatic N) is 4. The lowest BCUT2D eigenvalue weighted by molar-refractivity contribution is -0.130. The van der Waals surface area contributed by atoms with Gasteiger partial charge in [-0.2, -0.15) is 0 Å². The maximum atomic E-state index is 13.0. The maximum absolute atomic E-state index is 13.0. The van der Waals surface area contributed by atoms with Crippen LogP contribution in [0, 0.1) is 6.92 Å². The van der Waals surface area contributed by atoms with Gasteiger partial charge in [-0.3, -0.25) is 4.79 Å². The monoisotopic (exact) mass is 392 g/mol. The molecule has 0 bridgehead atoms. The van der Waals surface area contributed by atoms with Crippen molar-refractivity contribution in [2.24, 2.45) is 0 Å². The number of carbonyl (C=O) groups excluding carboxylic acids is 1. The van der Waals surface area contributed by atoms with Crippen LogP contribution in [0.15, 0.2) is 48.8 Å². The van der Waals surface area contributed by atoms with Crippen LogP contribution >= 0.6 is 0 Å². The first-order chi connectivity index (χ1) is 14.2. The summed E-state index contributed by atoms with van der Waals surface area (Å²) in [5.74, 6) is 0.184. The normalized spacial score (nSPS) is 14.6. The van der Waals surface area contributed by atoms with Crippen molar-refractivity contribution in [2.75, 3.05) is 44.8 Å². The van der Waals surface area contributed by atoms with Crippen molar-refractivity contribution in [1.29, 1.82) is 0 Å². The first-order valence-corrected chi connectivity index (χ1v) is 10.2. The Kier molecular flexibility index (Phi) is 5.81. The number of rotatable bonds is 6. The van der Waals surface area contributed by atoms with Gasteiger partial charge >= 0.3 is 0 Å². The van der Waals surface area contributed by atoms with Crippen molar-refractivity contribution < 1.29 is 9.53 Å². The average molecular weight is 393 g/mol. The van der Waals surface area contributed by atoms with E-state index in [9.17, 15) is 4.79 Å². The van der Waals surface area contributed by atoms with E-state index in [2.05, 4.69) is 51.8 Å². The molecular formula is C23H28N4O2. The largest absolute Gasteiger partial charge is 0.383 e. The third kappa shape index (κ3) is 4.27. The third-order valence-corrected chi connectivity index (χ3v) is 5.63. The molecule has 4 rings (SSSR count). The molecular weight excluding hydrogens is 364 g/mol. The molecule has 0 saturated carbocycles. The second kappa shape index (κ2) is 8.66. The summed E-state index contributed by atoms with van der Waals surface area (Å²) in [5, 5.41) is 1.05. The van der Waals surface area contributed by atoms with Crippen molar-refractivity contribution in [3.8, 4) is 0 Å². The van der Waals surface area contributed by atoms with Gasteiger partial charge in [0.15, 0.2) is 0 Å². The molecule has 0 spiro atoms. The Morgan fingerprint density at radius 2 is 1.86 bits per heavy atom. The lowest BCUT2D eigenvalue weighted by Gasteiger charge is -2.36. The van der Waals surface area contributed by atoms with Gasteiger partial charge in [-0.15, -0.1) is 0 Å². The molecule has 3 heterocycles. The molecule has 152 valence electrons. The van der Waals surface area contributed by atoms with Crippen LogP contribution in [0.4, 0.5) is 5.69 Å². The number of fused-ring (bicyclic) bond motifs is 1. The van der Waals surface area contributed by atoms with Gasteiger partial charge in [-0.05, 0) is 36.8 Å². The number of benzene rings is 1. The van der Waals surface area contributed by atoms with Crippen LogP contribution in [-0.2, 0) is 22.5 Å². The van der Waals surface area contributed by atoms with Crippen LogP contribution < -0.4 is 4.90 Å². The van der Waals surface area contributed by atoms with E-state index in [0.717, 1.165) is 49.3 Å². The van der Waals surface area contributed by atoms with Gasteiger partial charge in [0, 0.05) is 63.3 Å². The van der Waals surface area contributed by atoms with Crippen LogP contribution in [0.5, 0.6) is 0 Å². The second-order valence-electron chi connectivity index (χ2n) is 7.60. The van der Waals surface area contributed by atoms with Crippen LogP contribution in [-0.4, -0.2) is 60.3 Å². The molecule has 6 heteroatoms. The zero-order valence-corrected chi connectivity index (χ0v) is 17.2. The first-order valence-electron chi connectivity index (χ1n) is 10.2. The van der Waals surface area contributed by atoms with E-state index < -0.39 is 0 Å². The Labute approximate surface area is 171 Å². The summed E-state index contributed by atoms with van der Waals surface area (Å²) in [5.41, 5.74) is 4.45. The van der Waals surface area contributed by atoms with Crippen molar-refractivity contribution in [3.05, 3.63) is 59.9 Å². The van der Waals surface area contributed by atoms with Crippen molar-refractivity contribution >= 4 is 22.6 Å². The Morgan fingerprint density at radius 3 is 2.59 bits per heavy atom. The fourth-order valence-electron chi connectivity index (χ4n) is 3.94. The minimum atomic E-state index is 0.184. The number of pyridine rings is 1. The summed E-state index contributed by atoms with van der Waals surface area (Å²) in [7, 11) is 1.69. The van der Waals surface area contributed by atoms with Crippen LogP contribution in [0.1, 0.15) is 11.1 Å². The molecule has 1 amide bonds.